The Bertz CT molecular complexity index is 512. The number of carbonyl (C=O) groups excluding carboxylic acids is 1. The molecule has 0 atom stereocenters. The first kappa shape index (κ1) is 21.6. The maximum Gasteiger partial charge on any atom is 0.501 e. The van der Waals surface area contributed by atoms with Crippen LogP contribution in [-0.4, -0.2) is 41.2 Å². The van der Waals surface area contributed by atoms with Gasteiger partial charge >= 0.3 is 14.8 Å². The van der Waals surface area contributed by atoms with Crippen LogP contribution in [0.4, 0.5) is 0 Å². The van der Waals surface area contributed by atoms with Crippen LogP contribution in [0.3, 0.4) is 0 Å². The second-order valence-electron chi connectivity index (χ2n) is 5.65. The third kappa shape index (κ3) is 8.44. The van der Waals surface area contributed by atoms with Crippen molar-refractivity contribution in [3.8, 4) is 0 Å². The molecule has 1 aromatic rings. The van der Waals surface area contributed by atoms with Gasteiger partial charge in [-0.25, -0.2) is 4.79 Å². The van der Waals surface area contributed by atoms with Crippen molar-refractivity contribution in [2.24, 2.45) is 0 Å². The topological polar surface area (TPSA) is 54.0 Å². The number of ether oxygens (including phenoxy) is 1. The van der Waals surface area contributed by atoms with Gasteiger partial charge < -0.3 is 18.0 Å². The molecule has 0 bridgehead atoms. The number of benzene rings is 1. The molecule has 0 amide bonds. The van der Waals surface area contributed by atoms with Crippen molar-refractivity contribution in [1.29, 1.82) is 0 Å². The van der Waals surface area contributed by atoms with Gasteiger partial charge in [-0.3, -0.25) is 0 Å². The van der Waals surface area contributed by atoms with Crippen LogP contribution < -0.4 is 0 Å². The van der Waals surface area contributed by atoms with Gasteiger partial charge in [-0.05, 0) is 32.8 Å². The highest BCUT2D eigenvalue weighted by Gasteiger charge is 2.40. The fraction of sp³-hybridized carbons (Fsp3) is 0.526. The van der Waals surface area contributed by atoms with E-state index in [1.807, 2.05) is 32.0 Å². The minimum atomic E-state index is -2.74. The summed E-state index contributed by atoms with van der Waals surface area (Å²) in [7, 11) is -2.74. The first-order chi connectivity index (χ1) is 12.0. The molecule has 0 aliphatic carbocycles. The van der Waals surface area contributed by atoms with Crippen LogP contribution in [0.5, 0.6) is 0 Å². The van der Waals surface area contributed by atoms with E-state index in [2.05, 4.69) is 18.7 Å². The van der Waals surface area contributed by atoms with E-state index in [-0.39, 0.29) is 5.97 Å². The molecule has 0 saturated heterocycles. The van der Waals surface area contributed by atoms with Gasteiger partial charge in [-0.15, -0.1) is 0 Å². The highest BCUT2D eigenvalue weighted by Crippen LogP contribution is 2.19. The zero-order valence-electron chi connectivity index (χ0n) is 15.6. The van der Waals surface area contributed by atoms with Gasteiger partial charge in [0.05, 0.1) is 6.61 Å². The minimum absolute atomic E-state index is 0.299. The van der Waals surface area contributed by atoms with E-state index >= 15 is 0 Å². The lowest BCUT2D eigenvalue weighted by atomic mass is 10.2. The molecule has 1 rings (SSSR count). The van der Waals surface area contributed by atoms with Crippen molar-refractivity contribution in [3.05, 3.63) is 48.0 Å². The quantitative estimate of drug-likeness (QED) is 0.230. The number of hydrogen-bond acceptors (Lipinski definition) is 5. The molecule has 0 heterocycles. The summed E-state index contributed by atoms with van der Waals surface area (Å²) in [6.45, 7) is 10.9. The SMILES string of the molecule is C=C(C)C(=O)OCCCO[Si](CCc1ccccc1)(OCC)OCC. The predicted octanol–water partition coefficient (Wildman–Crippen LogP) is 3.77. The van der Waals surface area contributed by atoms with Crippen LogP contribution in [0.2, 0.25) is 6.04 Å². The van der Waals surface area contributed by atoms with Gasteiger partial charge in [0.2, 0.25) is 0 Å². The molecule has 6 heteroatoms. The van der Waals surface area contributed by atoms with Gasteiger partial charge in [-0.2, -0.15) is 0 Å². The molecule has 0 aliphatic heterocycles. The third-order valence-electron chi connectivity index (χ3n) is 3.48. The fourth-order valence-corrected chi connectivity index (χ4v) is 4.91. The summed E-state index contributed by atoms with van der Waals surface area (Å²) in [6, 6.07) is 11.0. The van der Waals surface area contributed by atoms with E-state index in [4.69, 9.17) is 18.0 Å². The summed E-state index contributed by atoms with van der Waals surface area (Å²) in [4.78, 5) is 11.4. The van der Waals surface area contributed by atoms with E-state index in [1.54, 1.807) is 6.92 Å². The Morgan fingerprint density at radius 3 is 2.24 bits per heavy atom. The monoisotopic (exact) mass is 366 g/mol. The number of esters is 1. The molecule has 140 valence electrons. The average Bonchev–Trinajstić information content (AvgIpc) is 2.61. The Balaban J connectivity index is 2.52. The highest BCUT2D eigenvalue weighted by molar-refractivity contribution is 6.60. The van der Waals surface area contributed by atoms with E-state index < -0.39 is 8.80 Å². The average molecular weight is 367 g/mol. The third-order valence-corrected chi connectivity index (χ3v) is 6.45. The molecule has 5 nitrogen and oxygen atoms in total. The molecule has 0 aliphatic rings. The second-order valence-corrected chi connectivity index (χ2v) is 8.38. The van der Waals surface area contributed by atoms with Gasteiger partial charge in [0.1, 0.15) is 0 Å². The summed E-state index contributed by atoms with van der Waals surface area (Å²) in [6.07, 6.45) is 1.44. The smallest absolute Gasteiger partial charge is 0.462 e. The Morgan fingerprint density at radius 1 is 1.04 bits per heavy atom. The van der Waals surface area contributed by atoms with Crippen LogP contribution in [0.1, 0.15) is 32.8 Å². The molecule has 0 unspecified atom stereocenters. The number of carbonyl (C=O) groups is 1. The van der Waals surface area contributed by atoms with Crippen LogP contribution in [0.25, 0.3) is 0 Å². The lowest BCUT2D eigenvalue weighted by Crippen LogP contribution is -2.46. The van der Waals surface area contributed by atoms with Gasteiger partial charge in [-0.1, -0.05) is 36.9 Å². The molecular formula is C19H30O5Si. The summed E-state index contributed by atoms with van der Waals surface area (Å²) in [5, 5.41) is 0. The summed E-state index contributed by atoms with van der Waals surface area (Å²) >= 11 is 0. The summed E-state index contributed by atoms with van der Waals surface area (Å²) < 4.78 is 23.0. The lowest BCUT2D eigenvalue weighted by molar-refractivity contribution is -0.139. The summed E-state index contributed by atoms with van der Waals surface area (Å²) in [5.41, 5.74) is 1.63. The zero-order valence-corrected chi connectivity index (χ0v) is 16.6. The van der Waals surface area contributed by atoms with Gasteiger partial charge in [0.15, 0.2) is 0 Å². The molecule has 0 radical (unpaired) electrons. The first-order valence-electron chi connectivity index (χ1n) is 8.81. The maximum atomic E-state index is 11.4. The lowest BCUT2D eigenvalue weighted by Gasteiger charge is -2.29. The van der Waals surface area contributed by atoms with Crippen molar-refractivity contribution in [2.45, 2.75) is 39.7 Å². The fourth-order valence-electron chi connectivity index (χ4n) is 2.30. The Kier molecular flexibility index (Phi) is 10.3. The molecule has 0 fully saturated rings. The normalized spacial score (nSPS) is 11.3. The van der Waals surface area contributed by atoms with Crippen LogP contribution in [0, 0.1) is 0 Å². The number of aryl methyl sites for hydroxylation is 1. The number of hydrogen-bond donors (Lipinski definition) is 0. The van der Waals surface area contributed by atoms with Crippen LogP contribution in [-0.2, 0) is 29.2 Å². The van der Waals surface area contributed by atoms with E-state index in [0.717, 1.165) is 12.5 Å². The molecule has 0 N–H and O–H groups in total. The molecule has 0 saturated carbocycles. The molecule has 1 aromatic carbocycles. The zero-order chi connectivity index (χ0) is 18.5. The highest BCUT2D eigenvalue weighted by atomic mass is 28.4. The Labute approximate surface area is 152 Å². The van der Waals surface area contributed by atoms with Crippen LogP contribution in [0.15, 0.2) is 42.5 Å². The molecule has 0 aromatic heterocycles. The second kappa shape index (κ2) is 12.0. The van der Waals surface area contributed by atoms with E-state index in [1.165, 1.54) is 5.56 Å². The molecule has 0 spiro atoms. The van der Waals surface area contributed by atoms with Crippen molar-refractivity contribution in [3.63, 3.8) is 0 Å². The van der Waals surface area contributed by atoms with Gasteiger partial charge in [0.25, 0.3) is 0 Å². The van der Waals surface area contributed by atoms with Crippen molar-refractivity contribution >= 4 is 14.8 Å². The van der Waals surface area contributed by atoms with Crippen molar-refractivity contribution < 1.29 is 22.8 Å². The van der Waals surface area contributed by atoms with Crippen molar-refractivity contribution in [1.82, 2.24) is 0 Å². The molecule has 25 heavy (non-hydrogen) atoms. The first-order valence-corrected chi connectivity index (χ1v) is 10.7. The van der Waals surface area contributed by atoms with Gasteiger partial charge in [0, 0.05) is 37.9 Å². The Hall–Kier alpha value is -1.47. The maximum absolute atomic E-state index is 11.4. The standard InChI is InChI=1S/C19H30O5Si/c1-5-22-25(23-6-2,16-13-18-11-8-7-9-12-18)24-15-10-14-21-19(20)17(3)4/h7-9,11-12H,3,5-6,10,13-16H2,1-2,4H3. The van der Waals surface area contributed by atoms with Crippen LogP contribution >= 0.6 is 0 Å². The van der Waals surface area contributed by atoms with E-state index in [0.29, 0.717) is 38.4 Å². The van der Waals surface area contributed by atoms with E-state index in [9.17, 15) is 4.79 Å². The Morgan fingerprint density at radius 2 is 1.68 bits per heavy atom. The largest absolute Gasteiger partial charge is 0.501 e. The summed E-state index contributed by atoms with van der Waals surface area (Å²) in [5.74, 6) is -0.373. The predicted molar refractivity (Wildman–Crippen MR) is 100 cm³/mol. The number of rotatable bonds is 13. The van der Waals surface area contributed by atoms with Crippen molar-refractivity contribution in [2.75, 3.05) is 26.4 Å². The molecular weight excluding hydrogens is 336 g/mol. The minimum Gasteiger partial charge on any atom is -0.462 e.